The first-order valence-corrected chi connectivity index (χ1v) is 6.88. The lowest BCUT2D eigenvalue weighted by Gasteiger charge is -2.21. The van der Waals surface area contributed by atoms with Crippen molar-refractivity contribution in [3.63, 3.8) is 0 Å². The van der Waals surface area contributed by atoms with Gasteiger partial charge in [0.25, 0.3) is 0 Å². The van der Waals surface area contributed by atoms with E-state index in [0.29, 0.717) is 18.4 Å². The van der Waals surface area contributed by atoms with Crippen molar-refractivity contribution in [3.8, 4) is 0 Å². The van der Waals surface area contributed by atoms with Gasteiger partial charge in [0.1, 0.15) is 5.82 Å². The molecule has 102 valence electrons. The van der Waals surface area contributed by atoms with Crippen LogP contribution in [0.25, 0.3) is 0 Å². The third kappa shape index (κ3) is 6.36. The van der Waals surface area contributed by atoms with Crippen LogP contribution in [0.5, 0.6) is 0 Å². The first kappa shape index (κ1) is 15.5. The highest BCUT2D eigenvalue weighted by atomic mass is 35.5. The van der Waals surface area contributed by atoms with Gasteiger partial charge in [-0.1, -0.05) is 12.1 Å². The van der Waals surface area contributed by atoms with Crippen molar-refractivity contribution in [1.29, 1.82) is 0 Å². The summed E-state index contributed by atoms with van der Waals surface area (Å²) in [7, 11) is 0. The summed E-state index contributed by atoms with van der Waals surface area (Å²) in [5, 5.41) is 0. The SMILES string of the molecule is CC(C)(C)OCCC(CCl)Cc1cccc(F)c1. The maximum atomic E-state index is 13.1. The summed E-state index contributed by atoms with van der Waals surface area (Å²) >= 11 is 5.96. The van der Waals surface area contributed by atoms with Gasteiger partial charge in [-0.15, -0.1) is 11.6 Å². The normalized spacial score (nSPS) is 13.6. The van der Waals surface area contributed by atoms with Crippen molar-refractivity contribution < 1.29 is 9.13 Å². The van der Waals surface area contributed by atoms with Gasteiger partial charge in [-0.25, -0.2) is 4.39 Å². The Morgan fingerprint density at radius 1 is 1.33 bits per heavy atom. The molecule has 0 amide bonds. The first-order valence-electron chi connectivity index (χ1n) is 6.35. The molecule has 1 atom stereocenters. The number of rotatable bonds is 6. The summed E-state index contributed by atoms with van der Waals surface area (Å²) in [5.41, 5.74) is 0.881. The minimum absolute atomic E-state index is 0.115. The van der Waals surface area contributed by atoms with Gasteiger partial charge in [-0.2, -0.15) is 0 Å². The number of hydrogen-bond donors (Lipinski definition) is 0. The van der Waals surface area contributed by atoms with Crippen LogP contribution in [0.15, 0.2) is 24.3 Å². The van der Waals surface area contributed by atoms with Crippen LogP contribution in [0.4, 0.5) is 4.39 Å². The maximum Gasteiger partial charge on any atom is 0.123 e. The van der Waals surface area contributed by atoms with E-state index in [4.69, 9.17) is 16.3 Å². The van der Waals surface area contributed by atoms with Crippen LogP contribution in [0.2, 0.25) is 0 Å². The fourth-order valence-electron chi connectivity index (χ4n) is 1.76. The first-order chi connectivity index (χ1) is 8.40. The van der Waals surface area contributed by atoms with Gasteiger partial charge in [0.05, 0.1) is 5.60 Å². The van der Waals surface area contributed by atoms with E-state index in [1.54, 1.807) is 12.1 Å². The molecule has 0 fully saturated rings. The standard InChI is InChI=1S/C15H22ClFO/c1-15(2,3)18-8-7-13(11-16)9-12-5-4-6-14(17)10-12/h4-6,10,13H,7-9,11H2,1-3H3. The van der Waals surface area contributed by atoms with E-state index in [1.165, 1.54) is 6.07 Å². The minimum atomic E-state index is -0.188. The molecule has 1 nitrogen and oxygen atoms in total. The molecule has 0 aliphatic carbocycles. The molecule has 0 spiro atoms. The Morgan fingerprint density at radius 3 is 2.61 bits per heavy atom. The molecule has 0 aromatic heterocycles. The molecule has 3 heteroatoms. The largest absolute Gasteiger partial charge is 0.376 e. The quantitative estimate of drug-likeness (QED) is 0.696. The topological polar surface area (TPSA) is 9.23 Å². The zero-order chi connectivity index (χ0) is 13.6. The molecule has 1 aromatic rings. The average Bonchev–Trinajstić information content (AvgIpc) is 2.26. The molecule has 1 rings (SSSR count). The molecule has 0 bridgehead atoms. The second-order valence-corrected chi connectivity index (χ2v) is 5.91. The Bertz CT molecular complexity index is 360. The molecule has 0 aliphatic rings. The Balaban J connectivity index is 2.42. The highest BCUT2D eigenvalue weighted by molar-refractivity contribution is 6.18. The van der Waals surface area contributed by atoms with Crippen molar-refractivity contribution >= 4 is 11.6 Å². The van der Waals surface area contributed by atoms with E-state index in [9.17, 15) is 4.39 Å². The van der Waals surface area contributed by atoms with E-state index in [-0.39, 0.29) is 11.4 Å². The van der Waals surface area contributed by atoms with E-state index < -0.39 is 0 Å². The van der Waals surface area contributed by atoms with E-state index in [1.807, 2.05) is 26.8 Å². The number of alkyl halides is 1. The Hall–Kier alpha value is -0.600. The van der Waals surface area contributed by atoms with E-state index >= 15 is 0 Å². The maximum absolute atomic E-state index is 13.1. The van der Waals surface area contributed by atoms with Crippen LogP contribution in [-0.2, 0) is 11.2 Å². The molecule has 0 N–H and O–H groups in total. The molecule has 18 heavy (non-hydrogen) atoms. The van der Waals surface area contributed by atoms with Gasteiger partial charge in [-0.3, -0.25) is 0 Å². The Morgan fingerprint density at radius 2 is 2.06 bits per heavy atom. The van der Waals surface area contributed by atoms with Crippen LogP contribution in [0, 0.1) is 11.7 Å². The van der Waals surface area contributed by atoms with Crippen molar-refractivity contribution in [3.05, 3.63) is 35.6 Å². The lowest BCUT2D eigenvalue weighted by molar-refractivity contribution is -0.00831. The third-order valence-corrected chi connectivity index (χ3v) is 3.13. The van der Waals surface area contributed by atoms with Crippen molar-refractivity contribution in [2.45, 2.75) is 39.2 Å². The van der Waals surface area contributed by atoms with E-state index in [2.05, 4.69) is 0 Å². The number of halogens is 2. The summed E-state index contributed by atoms with van der Waals surface area (Å²) in [6.07, 6.45) is 1.70. The Labute approximate surface area is 114 Å². The number of benzene rings is 1. The summed E-state index contributed by atoms with van der Waals surface area (Å²) in [4.78, 5) is 0. The fraction of sp³-hybridized carbons (Fsp3) is 0.600. The zero-order valence-electron chi connectivity index (χ0n) is 11.4. The monoisotopic (exact) mass is 272 g/mol. The van der Waals surface area contributed by atoms with Crippen LogP contribution in [-0.4, -0.2) is 18.1 Å². The van der Waals surface area contributed by atoms with Gasteiger partial charge in [0.15, 0.2) is 0 Å². The minimum Gasteiger partial charge on any atom is -0.376 e. The van der Waals surface area contributed by atoms with Gasteiger partial charge in [0.2, 0.25) is 0 Å². The van der Waals surface area contributed by atoms with Gasteiger partial charge in [-0.05, 0) is 57.2 Å². The molecule has 0 radical (unpaired) electrons. The van der Waals surface area contributed by atoms with Crippen LogP contribution in [0.1, 0.15) is 32.8 Å². The van der Waals surface area contributed by atoms with Crippen LogP contribution in [0.3, 0.4) is 0 Å². The molecule has 0 heterocycles. The second-order valence-electron chi connectivity index (χ2n) is 5.60. The third-order valence-electron chi connectivity index (χ3n) is 2.69. The average molecular weight is 273 g/mol. The Kier molecular flexibility index (Phi) is 6.10. The molecule has 1 unspecified atom stereocenters. The highest BCUT2D eigenvalue weighted by Crippen LogP contribution is 2.17. The van der Waals surface area contributed by atoms with Crippen molar-refractivity contribution in [2.75, 3.05) is 12.5 Å². The van der Waals surface area contributed by atoms with E-state index in [0.717, 1.165) is 18.4 Å². The lowest BCUT2D eigenvalue weighted by Crippen LogP contribution is -2.21. The van der Waals surface area contributed by atoms with Gasteiger partial charge < -0.3 is 4.74 Å². The summed E-state index contributed by atoms with van der Waals surface area (Å²) < 4.78 is 18.8. The molecule has 1 aromatic carbocycles. The summed E-state index contributed by atoms with van der Waals surface area (Å²) in [6.45, 7) is 6.80. The number of ether oxygens (including phenoxy) is 1. The molecular formula is C15H22ClFO. The van der Waals surface area contributed by atoms with Crippen LogP contribution >= 0.6 is 11.6 Å². The lowest BCUT2D eigenvalue weighted by atomic mass is 9.98. The molecular weight excluding hydrogens is 251 g/mol. The zero-order valence-corrected chi connectivity index (χ0v) is 12.1. The highest BCUT2D eigenvalue weighted by Gasteiger charge is 2.13. The summed E-state index contributed by atoms with van der Waals surface area (Å²) in [6, 6.07) is 6.71. The predicted molar refractivity (Wildman–Crippen MR) is 74.6 cm³/mol. The second kappa shape index (κ2) is 7.10. The fourth-order valence-corrected chi connectivity index (χ4v) is 2.03. The van der Waals surface area contributed by atoms with Crippen molar-refractivity contribution in [2.24, 2.45) is 5.92 Å². The van der Waals surface area contributed by atoms with Crippen molar-refractivity contribution in [1.82, 2.24) is 0 Å². The molecule has 0 saturated carbocycles. The smallest absolute Gasteiger partial charge is 0.123 e. The van der Waals surface area contributed by atoms with Gasteiger partial charge >= 0.3 is 0 Å². The van der Waals surface area contributed by atoms with Gasteiger partial charge in [0, 0.05) is 12.5 Å². The summed E-state index contributed by atoms with van der Waals surface area (Å²) in [5.74, 6) is 0.715. The molecule has 0 aliphatic heterocycles. The predicted octanol–water partition coefficient (Wildman–Crippen LogP) is 4.43. The van der Waals surface area contributed by atoms with Crippen LogP contribution < -0.4 is 0 Å². The molecule has 0 saturated heterocycles. The number of hydrogen-bond acceptors (Lipinski definition) is 1.